The molecule has 1 aliphatic heterocycles. The van der Waals surface area contributed by atoms with Crippen LogP contribution in [0.3, 0.4) is 0 Å². The van der Waals surface area contributed by atoms with Crippen LogP contribution in [0.1, 0.15) is 12.8 Å². The average Bonchev–Trinajstić information content (AvgIpc) is 2.54. The maximum absolute atomic E-state index is 12.0. The Labute approximate surface area is 134 Å². The molecule has 0 aromatic carbocycles. The lowest BCUT2D eigenvalue weighted by Crippen LogP contribution is -2.60. The molecule has 2 fully saturated rings. The molecule has 0 bridgehead atoms. The number of aromatic nitrogens is 3. The van der Waals surface area contributed by atoms with E-state index >= 15 is 0 Å². The number of rotatable bonds is 4. The number of likely N-dealkylation sites (tertiary alicyclic amines) is 1. The Morgan fingerprint density at radius 2 is 1.91 bits per heavy atom. The van der Waals surface area contributed by atoms with Gasteiger partial charge in [0.2, 0.25) is 0 Å². The fourth-order valence-electron chi connectivity index (χ4n) is 3.39. The summed E-state index contributed by atoms with van der Waals surface area (Å²) in [4.78, 5) is 18.4. The fraction of sp³-hybridized carbons (Fsp3) is 0.471. The van der Waals surface area contributed by atoms with Crippen molar-refractivity contribution in [3.05, 3.63) is 47.0 Å². The molecule has 2 atom stereocenters. The quantitative estimate of drug-likeness (QED) is 0.902. The molecule has 2 aliphatic rings. The number of hydrogen-bond donors (Lipinski definition) is 1. The second-order valence-electron chi connectivity index (χ2n) is 6.51. The highest BCUT2D eigenvalue weighted by atomic mass is 16.3. The molecular formula is C17H20N4O2. The van der Waals surface area contributed by atoms with Crippen LogP contribution in [0.2, 0.25) is 0 Å². The summed E-state index contributed by atoms with van der Waals surface area (Å²) in [6.45, 7) is 2.52. The van der Waals surface area contributed by atoms with Crippen molar-refractivity contribution in [1.82, 2.24) is 19.7 Å². The zero-order chi connectivity index (χ0) is 15.8. The molecule has 2 aromatic heterocycles. The van der Waals surface area contributed by atoms with Gasteiger partial charge in [-0.05, 0) is 31.0 Å². The molecular weight excluding hydrogens is 292 g/mol. The standard InChI is InChI=1S/C17H20N4O2/c22-16-3-2-15(16)20-9-12(10-20)11-21-17(23)4-1-14(19-21)13-5-7-18-8-6-13/h1,4-8,12,15-16,22H,2-3,9-11H2. The molecule has 2 unspecified atom stereocenters. The minimum absolute atomic E-state index is 0.0649. The van der Waals surface area contributed by atoms with Gasteiger partial charge in [0, 0.05) is 49.1 Å². The summed E-state index contributed by atoms with van der Waals surface area (Å²) in [7, 11) is 0. The van der Waals surface area contributed by atoms with Crippen LogP contribution >= 0.6 is 0 Å². The van der Waals surface area contributed by atoms with Crippen LogP contribution in [-0.2, 0) is 6.54 Å². The number of hydrogen-bond acceptors (Lipinski definition) is 5. The minimum Gasteiger partial charge on any atom is -0.391 e. The van der Waals surface area contributed by atoms with Crippen LogP contribution in [0, 0.1) is 5.92 Å². The Morgan fingerprint density at radius 3 is 2.57 bits per heavy atom. The summed E-state index contributed by atoms with van der Waals surface area (Å²) in [6, 6.07) is 7.44. The number of aliphatic hydroxyl groups is 1. The highest BCUT2D eigenvalue weighted by Gasteiger charge is 2.40. The van der Waals surface area contributed by atoms with E-state index in [0.29, 0.717) is 18.5 Å². The summed E-state index contributed by atoms with van der Waals surface area (Å²) >= 11 is 0. The third-order valence-electron chi connectivity index (χ3n) is 4.93. The molecule has 1 aliphatic carbocycles. The summed E-state index contributed by atoms with van der Waals surface area (Å²) < 4.78 is 1.56. The first kappa shape index (κ1) is 14.5. The number of pyridine rings is 1. The van der Waals surface area contributed by atoms with Gasteiger partial charge in [0.15, 0.2) is 0 Å². The van der Waals surface area contributed by atoms with Gasteiger partial charge in [-0.25, -0.2) is 4.68 Å². The maximum Gasteiger partial charge on any atom is 0.266 e. The molecule has 1 saturated carbocycles. The monoisotopic (exact) mass is 312 g/mol. The minimum atomic E-state index is -0.160. The summed E-state index contributed by atoms with van der Waals surface area (Å²) in [6.07, 6.45) is 5.29. The van der Waals surface area contributed by atoms with Crippen molar-refractivity contribution in [2.75, 3.05) is 13.1 Å². The predicted octanol–water partition coefficient (Wildman–Crippen LogP) is 0.760. The van der Waals surface area contributed by atoms with Crippen LogP contribution in [0.15, 0.2) is 41.5 Å². The lowest BCUT2D eigenvalue weighted by molar-refractivity contribution is -0.0721. The topological polar surface area (TPSA) is 71.2 Å². The molecule has 3 heterocycles. The van der Waals surface area contributed by atoms with E-state index in [0.717, 1.165) is 37.2 Å². The van der Waals surface area contributed by atoms with Crippen molar-refractivity contribution in [1.29, 1.82) is 0 Å². The largest absolute Gasteiger partial charge is 0.391 e. The van der Waals surface area contributed by atoms with Crippen molar-refractivity contribution in [2.45, 2.75) is 31.5 Å². The van der Waals surface area contributed by atoms with E-state index in [1.54, 1.807) is 29.2 Å². The summed E-state index contributed by atoms with van der Waals surface area (Å²) in [5.74, 6) is 0.431. The second kappa shape index (κ2) is 5.86. The molecule has 120 valence electrons. The van der Waals surface area contributed by atoms with E-state index in [2.05, 4.69) is 15.0 Å². The number of aliphatic hydroxyl groups excluding tert-OH is 1. The van der Waals surface area contributed by atoms with Gasteiger partial charge in [0.25, 0.3) is 5.56 Å². The van der Waals surface area contributed by atoms with Gasteiger partial charge in [-0.1, -0.05) is 0 Å². The maximum atomic E-state index is 12.0. The van der Waals surface area contributed by atoms with Gasteiger partial charge < -0.3 is 5.11 Å². The Balaban J connectivity index is 1.44. The third-order valence-corrected chi connectivity index (χ3v) is 4.93. The van der Waals surface area contributed by atoms with Gasteiger partial charge in [-0.3, -0.25) is 14.7 Å². The van der Waals surface area contributed by atoms with E-state index in [9.17, 15) is 9.90 Å². The first-order valence-corrected chi connectivity index (χ1v) is 8.11. The lowest BCUT2D eigenvalue weighted by atomic mass is 9.83. The van der Waals surface area contributed by atoms with Gasteiger partial charge in [0.1, 0.15) is 0 Å². The molecule has 4 rings (SSSR count). The van der Waals surface area contributed by atoms with E-state index in [4.69, 9.17) is 0 Å². The highest BCUT2D eigenvalue weighted by Crippen LogP contribution is 2.31. The van der Waals surface area contributed by atoms with Crippen LogP contribution in [0.25, 0.3) is 11.3 Å². The van der Waals surface area contributed by atoms with Crippen LogP contribution in [0.5, 0.6) is 0 Å². The summed E-state index contributed by atoms with van der Waals surface area (Å²) in [5, 5.41) is 14.2. The van der Waals surface area contributed by atoms with Gasteiger partial charge in [-0.15, -0.1) is 0 Å². The number of nitrogens with zero attached hydrogens (tertiary/aromatic N) is 4. The first-order chi connectivity index (χ1) is 11.2. The van der Waals surface area contributed by atoms with Crippen molar-refractivity contribution in [3.63, 3.8) is 0 Å². The average molecular weight is 312 g/mol. The molecule has 6 heteroatoms. The van der Waals surface area contributed by atoms with Crippen molar-refractivity contribution in [3.8, 4) is 11.3 Å². The van der Waals surface area contributed by atoms with Crippen molar-refractivity contribution in [2.24, 2.45) is 5.92 Å². The predicted molar refractivity (Wildman–Crippen MR) is 85.8 cm³/mol. The smallest absolute Gasteiger partial charge is 0.266 e. The Hall–Kier alpha value is -2.05. The van der Waals surface area contributed by atoms with E-state index < -0.39 is 0 Å². The van der Waals surface area contributed by atoms with E-state index in [1.807, 2.05) is 12.1 Å². The van der Waals surface area contributed by atoms with Gasteiger partial charge in [0.05, 0.1) is 18.3 Å². The van der Waals surface area contributed by atoms with E-state index in [1.165, 1.54) is 0 Å². The Morgan fingerprint density at radius 1 is 1.13 bits per heavy atom. The third kappa shape index (κ3) is 2.80. The van der Waals surface area contributed by atoms with Crippen molar-refractivity contribution < 1.29 is 5.11 Å². The van der Waals surface area contributed by atoms with Gasteiger partial charge in [-0.2, -0.15) is 5.10 Å². The molecule has 0 amide bonds. The molecule has 23 heavy (non-hydrogen) atoms. The lowest BCUT2D eigenvalue weighted by Gasteiger charge is -2.50. The fourth-order valence-corrected chi connectivity index (χ4v) is 3.39. The van der Waals surface area contributed by atoms with E-state index in [-0.39, 0.29) is 11.7 Å². The van der Waals surface area contributed by atoms with Gasteiger partial charge >= 0.3 is 0 Å². The molecule has 0 spiro atoms. The van der Waals surface area contributed by atoms with Crippen LogP contribution in [-0.4, -0.2) is 50.0 Å². The normalized spacial score (nSPS) is 24.9. The van der Waals surface area contributed by atoms with Crippen LogP contribution < -0.4 is 5.56 Å². The molecule has 0 radical (unpaired) electrons. The Kier molecular flexibility index (Phi) is 3.71. The first-order valence-electron chi connectivity index (χ1n) is 8.11. The van der Waals surface area contributed by atoms with Crippen LogP contribution in [0.4, 0.5) is 0 Å². The molecule has 2 aromatic rings. The summed E-state index contributed by atoms with van der Waals surface area (Å²) in [5.41, 5.74) is 1.68. The van der Waals surface area contributed by atoms with Crippen molar-refractivity contribution >= 4 is 0 Å². The zero-order valence-electron chi connectivity index (χ0n) is 12.9. The highest BCUT2D eigenvalue weighted by molar-refractivity contribution is 5.56. The molecule has 6 nitrogen and oxygen atoms in total. The SMILES string of the molecule is O=c1ccc(-c2ccncc2)nn1CC1CN(C2CCC2O)C1. The molecule has 1 N–H and O–H groups in total. The zero-order valence-corrected chi connectivity index (χ0v) is 12.9. The molecule has 1 saturated heterocycles. The Bertz CT molecular complexity index is 740. The second-order valence-corrected chi connectivity index (χ2v) is 6.51.